The van der Waals surface area contributed by atoms with E-state index in [1.807, 2.05) is 0 Å². The van der Waals surface area contributed by atoms with Crippen molar-refractivity contribution in [2.24, 2.45) is 0 Å². The Hall–Kier alpha value is -2.25. The molecule has 0 atom stereocenters. The maximum Gasteiger partial charge on any atom is 0.246 e. The smallest absolute Gasteiger partial charge is 0.246 e. The number of halogens is 1. The van der Waals surface area contributed by atoms with E-state index in [1.54, 1.807) is 18.2 Å². The number of carbonyl (C=O) groups excluding carboxylic acids is 1. The Balaban J connectivity index is 1.67. The summed E-state index contributed by atoms with van der Waals surface area (Å²) in [5.74, 6) is 0.0792. The Kier molecular flexibility index (Phi) is 8.94. The fourth-order valence-corrected chi connectivity index (χ4v) is 2.75. The Morgan fingerprint density at radius 1 is 1.19 bits per heavy atom. The van der Waals surface area contributed by atoms with E-state index in [-0.39, 0.29) is 24.9 Å². The molecule has 6 nitrogen and oxygen atoms in total. The van der Waals surface area contributed by atoms with Crippen LogP contribution in [0.3, 0.4) is 0 Å². The summed E-state index contributed by atoms with van der Waals surface area (Å²) < 4.78 is 23.6. The molecule has 0 saturated heterocycles. The zero-order valence-electron chi connectivity index (χ0n) is 16.0. The van der Waals surface area contributed by atoms with E-state index < -0.39 is 0 Å². The molecular weight excluding hydrogens is 349 g/mol. The third kappa shape index (κ3) is 7.48. The maximum absolute atomic E-state index is 13.0. The number of amides is 1. The van der Waals surface area contributed by atoms with Gasteiger partial charge in [-0.25, -0.2) is 4.39 Å². The second kappa shape index (κ2) is 11.5. The molecule has 2 aromatic rings. The predicted octanol–water partition coefficient (Wildman–Crippen LogP) is 3.24. The Bertz CT molecular complexity index is 682. The number of nitrogens with one attached hydrogen (secondary N) is 1. The van der Waals surface area contributed by atoms with E-state index in [2.05, 4.69) is 29.2 Å². The van der Waals surface area contributed by atoms with Crippen molar-refractivity contribution in [3.63, 3.8) is 0 Å². The van der Waals surface area contributed by atoms with Gasteiger partial charge in [0.2, 0.25) is 5.91 Å². The number of nitrogens with zero attached hydrogens (tertiary/aromatic N) is 2. The normalized spacial score (nSPS) is 11.1. The van der Waals surface area contributed by atoms with Gasteiger partial charge in [0.25, 0.3) is 0 Å². The lowest BCUT2D eigenvalue weighted by molar-refractivity contribution is -0.126. The highest BCUT2D eigenvalue weighted by molar-refractivity contribution is 5.77. The van der Waals surface area contributed by atoms with Crippen molar-refractivity contribution in [2.75, 3.05) is 32.8 Å². The molecule has 148 valence electrons. The quantitative estimate of drug-likeness (QED) is 0.615. The van der Waals surface area contributed by atoms with Gasteiger partial charge in [-0.15, -0.1) is 0 Å². The molecule has 0 aliphatic heterocycles. The first-order valence-corrected chi connectivity index (χ1v) is 9.40. The number of rotatable bonds is 12. The zero-order valence-corrected chi connectivity index (χ0v) is 16.0. The van der Waals surface area contributed by atoms with Crippen LogP contribution in [0.1, 0.15) is 32.4 Å². The second-order valence-electron chi connectivity index (χ2n) is 6.37. The lowest BCUT2D eigenvalue weighted by atomic mass is 10.1. The summed E-state index contributed by atoms with van der Waals surface area (Å²) in [7, 11) is 0. The number of benzene rings is 1. The van der Waals surface area contributed by atoms with Gasteiger partial charge in [-0.05, 0) is 50.2 Å². The molecule has 0 aliphatic rings. The van der Waals surface area contributed by atoms with Crippen molar-refractivity contribution in [1.29, 1.82) is 0 Å². The molecule has 0 saturated carbocycles. The van der Waals surface area contributed by atoms with Gasteiger partial charge in [0.15, 0.2) is 5.76 Å². The van der Waals surface area contributed by atoms with Crippen molar-refractivity contribution in [3.8, 4) is 11.3 Å². The largest absolute Gasteiger partial charge is 0.365 e. The second-order valence-corrected chi connectivity index (χ2v) is 6.37. The van der Waals surface area contributed by atoms with Gasteiger partial charge >= 0.3 is 0 Å². The van der Waals surface area contributed by atoms with E-state index >= 15 is 0 Å². The van der Waals surface area contributed by atoms with Gasteiger partial charge in [-0.3, -0.25) is 4.79 Å². The highest BCUT2D eigenvalue weighted by atomic mass is 19.1. The third-order valence-electron chi connectivity index (χ3n) is 4.00. The molecule has 2 rings (SSSR count). The molecule has 0 bridgehead atoms. The van der Waals surface area contributed by atoms with E-state index in [4.69, 9.17) is 9.26 Å². The summed E-state index contributed by atoms with van der Waals surface area (Å²) in [5.41, 5.74) is 1.32. The van der Waals surface area contributed by atoms with Crippen molar-refractivity contribution >= 4 is 5.91 Å². The highest BCUT2D eigenvalue weighted by Gasteiger charge is 2.09. The molecule has 0 spiro atoms. The monoisotopic (exact) mass is 377 g/mol. The van der Waals surface area contributed by atoms with Crippen molar-refractivity contribution in [3.05, 3.63) is 41.8 Å². The lowest BCUT2D eigenvalue weighted by Gasteiger charge is -2.20. The van der Waals surface area contributed by atoms with Crippen LogP contribution in [0.2, 0.25) is 0 Å². The molecule has 1 N–H and O–H groups in total. The summed E-state index contributed by atoms with van der Waals surface area (Å²) in [6.45, 7) is 8.00. The molecule has 0 fully saturated rings. The topological polar surface area (TPSA) is 67.6 Å². The van der Waals surface area contributed by atoms with Crippen molar-refractivity contribution in [2.45, 2.75) is 33.3 Å². The lowest BCUT2D eigenvalue weighted by Crippen LogP contribution is -2.37. The minimum absolute atomic E-state index is 0.0275. The van der Waals surface area contributed by atoms with Gasteiger partial charge in [-0.1, -0.05) is 19.0 Å². The van der Waals surface area contributed by atoms with Crippen molar-refractivity contribution < 1.29 is 18.4 Å². The molecule has 1 aromatic heterocycles. The van der Waals surface area contributed by atoms with Crippen LogP contribution in [0.25, 0.3) is 11.3 Å². The summed E-state index contributed by atoms with van der Waals surface area (Å²) >= 11 is 0. The van der Waals surface area contributed by atoms with E-state index in [0.717, 1.165) is 38.0 Å². The van der Waals surface area contributed by atoms with Crippen LogP contribution in [0.5, 0.6) is 0 Å². The standard InChI is InChI=1S/C20H28FN3O3/c1-3-10-24(11-4-2)12-9-22-20(25)15-26-14-18-13-19(27-23-18)16-5-7-17(21)8-6-16/h5-8,13H,3-4,9-12,14-15H2,1-2H3,(H,22,25). The molecule has 27 heavy (non-hydrogen) atoms. The average Bonchev–Trinajstić information content (AvgIpc) is 3.11. The number of aromatic nitrogens is 1. The Labute approximate surface area is 159 Å². The maximum atomic E-state index is 13.0. The van der Waals surface area contributed by atoms with Gasteiger partial charge < -0.3 is 19.5 Å². The summed E-state index contributed by atoms with van der Waals surface area (Å²) in [6, 6.07) is 7.68. The third-order valence-corrected chi connectivity index (χ3v) is 4.00. The van der Waals surface area contributed by atoms with Crippen LogP contribution >= 0.6 is 0 Å². The Morgan fingerprint density at radius 2 is 1.89 bits per heavy atom. The fourth-order valence-electron chi connectivity index (χ4n) is 2.75. The van der Waals surface area contributed by atoms with Gasteiger partial charge in [0.05, 0.1) is 6.61 Å². The van der Waals surface area contributed by atoms with Gasteiger partial charge in [-0.2, -0.15) is 0 Å². The number of ether oxygens (including phenoxy) is 1. The van der Waals surface area contributed by atoms with E-state index in [0.29, 0.717) is 18.0 Å². The first-order chi connectivity index (χ1) is 13.1. The molecule has 0 unspecified atom stereocenters. The summed E-state index contributed by atoms with van der Waals surface area (Å²) in [6.07, 6.45) is 2.21. The van der Waals surface area contributed by atoms with Crippen LogP contribution in [-0.4, -0.2) is 48.7 Å². The first kappa shape index (κ1) is 21.1. The Morgan fingerprint density at radius 3 is 2.56 bits per heavy atom. The van der Waals surface area contributed by atoms with Crippen LogP contribution in [-0.2, 0) is 16.1 Å². The average molecular weight is 377 g/mol. The van der Waals surface area contributed by atoms with Crippen molar-refractivity contribution in [1.82, 2.24) is 15.4 Å². The summed E-state index contributed by atoms with van der Waals surface area (Å²) in [4.78, 5) is 14.2. The SMILES string of the molecule is CCCN(CCC)CCNC(=O)COCc1cc(-c2ccc(F)cc2)on1. The highest BCUT2D eigenvalue weighted by Crippen LogP contribution is 2.20. The molecular formula is C20H28FN3O3. The van der Waals surface area contributed by atoms with Crippen LogP contribution in [0, 0.1) is 5.82 Å². The minimum Gasteiger partial charge on any atom is -0.365 e. The van der Waals surface area contributed by atoms with Crippen LogP contribution in [0.15, 0.2) is 34.9 Å². The predicted molar refractivity (Wildman–Crippen MR) is 102 cm³/mol. The summed E-state index contributed by atoms with van der Waals surface area (Å²) in [5, 5.41) is 6.77. The molecule has 0 aliphatic carbocycles. The zero-order chi connectivity index (χ0) is 19.5. The molecule has 1 heterocycles. The van der Waals surface area contributed by atoms with Crippen LogP contribution < -0.4 is 5.32 Å². The van der Waals surface area contributed by atoms with E-state index in [9.17, 15) is 9.18 Å². The number of carbonyl (C=O) groups is 1. The number of hydrogen-bond donors (Lipinski definition) is 1. The van der Waals surface area contributed by atoms with Gasteiger partial charge in [0, 0.05) is 24.7 Å². The molecule has 7 heteroatoms. The van der Waals surface area contributed by atoms with E-state index in [1.165, 1.54) is 12.1 Å². The fraction of sp³-hybridized carbons (Fsp3) is 0.500. The molecule has 0 radical (unpaired) electrons. The van der Waals surface area contributed by atoms with Gasteiger partial charge in [0.1, 0.15) is 18.1 Å². The number of hydrogen-bond acceptors (Lipinski definition) is 5. The van der Waals surface area contributed by atoms with Crippen LogP contribution in [0.4, 0.5) is 4.39 Å². The molecule has 1 amide bonds. The molecule has 1 aromatic carbocycles. The minimum atomic E-state index is -0.305. The first-order valence-electron chi connectivity index (χ1n) is 9.40.